The van der Waals surface area contributed by atoms with Crippen LogP contribution in [0.5, 0.6) is 5.75 Å². The maximum Gasteiger partial charge on any atom is 0.223 e. The molecule has 1 N–H and O–H groups in total. The van der Waals surface area contributed by atoms with Gasteiger partial charge in [0.1, 0.15) is 23.1 Å². The Hall–Kier alpha value is -1.39. The number of Topliss-reactive ketones (excluding diaryl/α,β-unsaturated/α-hetero) is 1. The maximum atomic E-state index is 12.6. The molecule has 0 aromatic heterocycles. The highest BCUT2D eigenvalue weighted by Gasteiger charge is 2.66. The molecule has 4 rings (SSSR count). The van der Waals surface area contributed by atoms with Crippen molar-refractivity contribution in [2.75, 3.05) is 6.61 Å². The number of carbonyl (C=O) groups excluding carboxylic acids is 1. The lowest BCUT2D eigenvalue weighted by Gasteiger charge is -2.56. The van der Waals surface area contributed by atoms with Crippen LogP contribution >= 0.6 is 0 Å². The molecule has 1 fully saturated rings. The molecular formula is C17H20O4. The zero-order chi connectivity index (χ0) is 14.7. The van der Waals surface area contributed by atoms with Gasteiger partial charge in [-0.1, -0.05) is 18.6 Å². The van der Waals surface area contributed by atoms with Crippen molar-refractivity contribution in [3.8, 4) is 5.75 Å². The summed E-state index contributed by atoms with van der Waals surface area (Å²) in [5, 5.41) is 11.2. The van der Waals surface area contributed by atoms with E-state index in [1.54, 1.807) is 6.92 Å². The number of hydrogen-bond acceptors (Lipinski definition) is 4. The summed E-state index contributed by atoms with van der Waals surface area (Å²) in [6.07, 6.45) is 3.34. The second kappa shape index (κ2) is 4.31. The largest absolute Gasteiger partial charge is 0.461 e. The summed E-state index contributed by atoms with van der Waals surface area (Å²) in [5.41, 5.74) is 1.19. The lowest BCUT2D eigenvalue weighted by molar-refractivity contribution is -0.280. The molecule has 0 saturated heterocycles. The lowest BCUT2D eigenvalue weighted by Crippen LogP contribution is -2.64. The van der Waals surface area contributed by atoms with Crippen molar-refractivity contribution in [2.24, 2.45) is 5.41 Å². The van der Waals surface area contributed by atoms with Crippen LogP contribution in [-0.4, -0.2) is 23.3 Å². The molecular weight excluding hydrogens is 268 g/mol. The number of hydrogen-bond donors (Lipinski definition) is 1. The van der Waals surface area contributed by atoms with Crippen LogP contribution in [0, 0.1) is 5.41 Å². The molecule has 4 heteroatoms. The van der Waals surface area contributed by atoms with E-state index in [0.717, 1.165) is 24.8 Å². The van der Waals surface area contributed by atoms with Crippen LogP contribution in [-0.2, 0) is 16.0 Å². The van der Waals surface area contributed by atoms with E-state index in [2.05, 4.69) is 6.07 Å². The van der Waals surface area contributed by atoms with Crippen LogP contribution in [0.2, 0.25) is 0 Å². The first-order valence-corrected chi connectivity index (χ1v) is 7.74. The Bertz CT molecular complexity index is 611. The van der Waals surface area contributed by atoms with Crippen molar-refractivity contribution in [2.45, 2.75) is 50.9 Å². The normalized spacial score (nSPS) is 37.1. The Kier molecular flexibility index (Phi) is 2.72. The number of aliphatic hydroxyl groups is 1. The highest BCUT2D eigenvalue weighted by Crippen LogP contribution is 2.60. The second-order valence-electron chi connectivity index (χ2n) is 6.45. The predicted molar refractivity (Wildman–Crippen MR) is 76.0 cm³/mol. The summed E-state index contributed by atoms with van der Waals surface area (Å²) in [6, 6.07) is 5.89. The highest BCUT2D eigenvalue weighted by atomic mass is 16.6. The molecule has 2 heterocycles. The molecule has 1 aromatic rings. The molecule has 3 aliphatic rings. The van der Waals surface area contributed by atoms with Gasteiger partial charge in [-0.2, -0.15) is 0 Å². The Morgan fingerprint density at radius 1 is 1.33 bits per heavy atom. The summed E-state index contributed by atoms with van der Waals surface area (Å²) in [6.45, 7) is 2.15. The third kappa shape index (κ3) is 1.55. The summed E-state index contributed by atoms with van der Waals surface area (Å²) in [7, 11) is 0. The van der Waals surface area contributed by atoms with Crippen LogP contribution in [0.4, 0.5) is 0 Å². The Morgan fingerprint density at radius 3 is 2.95 bits per heavy atom. The summed E-state index contributed by atoms with van der Waals surface area (Å²) in [4.78, 5) is 12.6. The van der Waals surface area contributed by atoms with Gasteiger partial charge in [-0.15, -0.1) is 0 Å². The van der Waals surface area contributed by atoms with E-state index in [-0.39, 0.29) is 11.9 Å². The molecule has 112 valence electrons. The molecule has 1 saturated carbocycles. The first-order valence-electron chi connectivity index (χ1n) is 7.74. The molecule has 0 radical (unpaired) electrons. The van der Waals surface area contributed by atoms with Crippen LogP contribution in [0.1, 0.15) is 49.8 Å². The molecule has 4 nitrogen and oxygen atoms in total. The van der Waals surface area contributed by atoms with Gasteiger partial charge in [0.05, 0.1) is 6.61 Å². The van der Waals surface area contributed by atoms with Crippen molar-refractivity contribution in [1.82, 2.24) is 0 Å². The number of fused-ring (bicyclic) bond motifs is 2. The highest BCUT2D eigenvalue weighted by molar-refractivity contribution is 5.85. The second-order valence-corrected chi connectivity index (χ2v) is 6.45. The molecule has 0 amide bonds. The third-order valence-electron chi connectivity index (χ3n) is 5.46. The van der Waals surface area contributed by atoms with Crippen molar-refractivity contribution in [3.63, 3.8) is 0 Å². The Labute approximate surface area is 124 Å². The number of benzene rings is 1. The van der Waals surface area contributed by atoms with Gasteiger partial charge in [0.25, 0.3) is 0 Å². The summed E-state index contributed by atoms with van der Waals surface area (Å²) < 4.78 is 12.0. The molecule has 2 aliphatic heterocycles. The number of carbonyl (C=O) groups is 1. The first kappa shape index (κ1) is 13.3. The quantitative estimate of drug-likeness (QED) is 0.862. The van der Waals surface area contributed by atoms with E-state index >= 15 is 0 Å². The van der Waals surface area contributed by atoms with Crippen molar-refractivity contribution >= 4 is 5.78 Å². The number of ether oxygens (including phenoxy) is 2. The third-order valence-corrected chi connectivity index (χ3v) is 5.46. The van der Waals surface area contributed by atoms with Crippen LogP contribution in [0.15, 0.2) is 18.2 Å². The van der Waals surface area contributed by atoms with Gasteiger partial charge in [-0.3, -0.25) is 4.79 Å². The predicted octanol–water partition coefficient (Wildman–Crippen LogP) is 2.53. The van der Waals surface area contributed by atoms with Crippen molar-refractivity contribution in [1.29, 1.82) is 0 Å². The molecule has 0 bridgehead atoms. The fraction of sp³-hybridized carbons (Fsp3) is 0.588. The minimum atomic E-state index is -1.44. The molecule has 3 atom stereocenters. The van der Waals surface area contributed by atoms with E-state index < -0.39 is 11.2 Å². The smallest absolute Gasteiger partial charge is 0.223 e. The van der Waals surface area contributed by atoms with Gasteiger partial charge in [-0.05, 0) is 37.8 Å². The zero-order valence-corrected chi connectivity index (χ0v) is 12.2. The molecule has 0 spiro atoms. The fourth-order valence-corrected chi connectivity index (χ4v) is 4.44. The van der Waals surface area contributed by atoms with Gasteiger partial charge in [0.15, 0.2) is 0 Å². The van der Waals surface area contributed by atoms with Gasteiger partial charge in [0, 0.05) is 12.0 Å². The van der Waals surface area contributed by atoms with E-state index in [9.17, 15) is 9.90 Å². The maximum absolute atomic E-state index is 12.6. The lowest BCUT2D eigenvalue weighted by atomic mass is 9.60. The van der Waals surface area contributed by atoms with Gasteiger partial charge < -0.3 is 14.6 Å². The molecule has 1 aromatic carbocycles. The van der Waals surface area contributed by atoms with Crippen LogP contribution in [0.3, 0.4) is 0 Å². The van der Waals surface area contributed by atoms with Gasteiger partial charge >= 0.3 is 0 Å². The van der Waals surface area contributed by atoms with E-state index in [4.69, 9.17) is 9.47 Å². The number of rotatable bonds is 1. The summed E-state index contributed by atoms with van der Waals surface area (Å²) >= 11 is 0. The van der Waals surface area contributed by atoms with Crippen molar-refractivity contribution in [3.05, 3.63) is 29.3 Å². The molecule has 21 heavy (non-hydrogen) atoms. The van der Waals surface area contributed by atoms with Crippen LogP contribution in [0.25, 0.3) is 0 Å². The summed E-state index contributed by atoms with van der Waals surface area (Å²) in [5.74, 6) is -0.791. The monoisotopic (exact) mass is 288 g/mol. The van der Waals surface area contributed by atoms with E-state index in [0.29, 0.717) is 25.2 Å². The molecule has 0 unspecified atom stereocenters. The average Bonchev–Trinajstić information content (AvgIpc) is 2.47. The average molecular weight is 288 g/mol. The first-order chi connectivity index (χ1) is 10.1. The fourth-order valence-electron chi connectivity index (χ4n) is 4.44. The standard InChI is InChI=1S/C17H20O4/c1-11(18)16-8-2-3-9-17(16,19)21-13-6-4-5-12-7-10-20-15(16)14(12)13/h4-6,15,19H,2-3,7-10H2,1H3/t15-,16+,17-/m0/s1. The van der Waals surface area contributed by atoms with Gasteiger partial charge in [-0.25, -0.2) is 0 Å². The van der Waals surface area contributed by atoms with E-state index in [1.165, 1.54) is 5.56 Å². The zero-order valence-electron chi connectivity index (χ0n) is 12.2. The van der Waals surface area contributed by atoms with E-state index in [1.807, 2.05) is 12.1 Å². The Balaban J connectivity index is 1.98. The van der Waals surface area contributed by atoms with Crippen LogP contribution < -0.4 is 4.74 Å². The van der Waals surface area contributed by atoms with Crippen molar-refractivity contribution < 1.29 is 19.4 Å². The molecule has 1 aliphatic carbocycles. The topological polar surface area (TPSA) is 55.8 Å². The SMILES string of the molecule is CC(=O)[C@@]12CCCC[C@]1(O)Oc1cccc3c1[C@@H]2OCC3. The van der Waals surface area contributed by atoms with Gasteiger partial charge in [0.2, 0.25) is 5.79 Å². The minimum absolute atomic E-state index is 0.0305. The Morgan fingerprint density at radius 2 is 2.14 bits per heavy atom. The number of ketones is 1. The minimum Gasteiger partial charge on any atom is -0.461 e.